The van der Waals surface area contributed by atoms with Gasteiger partial charge in [0.2, 0.25) is 0 Å². The van der Waals surface area contributed by atoms with Crippen LogP contribution in [0, 0.1) is 0 Å². The highest BCUT2D eigenvalue weighted by atomic mass is 19.4. The van der Waals surface area contributed by atoms with Crippen LogP contribution in [0.3, 0.4) is 0 Å². The normalized spacial score (nSPS) is 13.8. The molecule has 1 atom stereocenters. The molecule has 0 bridgehead atoms. The quantitative estimate of drug-likeness (QED) is 0.708. The molecule has 1 rings (SSSR count). The van der Waals surface area contributed by atoms with E-state index in [9.17, 15) is 13.2 Å². The standard InChI is InChI=1S/C12H20F3N3/c1-10(4-2-6-12(13,14)15)16-7-3-5-11-17-8-9-18-11/h8-10,16H,2-7H2,1H3,(H,17,18). The summed E-state index contributed by atoms with van der Waals surface area (Å²) >= 11 is 0. The number of nitrogens with zero attached hydrogens (tertiary/aromatic N) is 1. The molecule has 0 aliphatic heterocycles. The van der Waals surface area contributed by atoms with Crippen LogP contribution in [-0.2, 0) is 6.42 Å². The van der Waals surface area contributed by atoms with Gasteiger partial charge in [-0.15, -0.1) is 0 Å². The Bertz CT molecular complexity index is 309. The Morgan fingerprint density at radius 3 is 2.78 bits per heavy atom. The minimum atomic E-state index is -4.03. The van der Waals surface area contributed by atoms with Crippen molar-refractivity contribution in [2.45, 2.75) is 51.2 Å². The first-order valence-electron chi connectivity index (χ1n) is 6.26. The zero-order valence-corrected chi connectivity index (χ0v) is 10.6. The summed E-state index contributed by atoms with van der Waals surface area (Å²) in [7, 11) is 0. The number of aromatic nitrogens is 2. The van der Waals surface area contributed by atoms with E-state index >= 15 is 0 Å². The summed E-state index contributed by atoms with van der Waals surface area (Å²) in [4.78, 5) is 7.11. The van der Waals surface area contributed by atoms with Gasteiger partial charge in [0.15, 0.2) is 0 Å². The van der Waals surface area contributed by atoms with Crippen molar-refractivity contribution in [3.05, 3.63) is 18.2 Å². The van der Waals surface area contributed by atoms with Gasteiger partial charge in [0, 0.05) is 31.3 Å². The van der Waals surface area contributed by atoms with E-state index in [0.29, 0.717) is 6.42 Å². The van der Waals surface area contributed by atoms with Gasteiger partial charge < -0.3 is 10.3 Å². The molecule has 1 unspecified atom stereocenters. The average molecular weight is 263 g/mol. The molecule has 0 spiro atoms. The van der Waals surface area contributed by atoms with Crippen molar-refractivity contribution in [2.75, 3.05) is 6.54 Å². The molecule has 0 aliphatic rings. The van der Waals surface area contributed by atoms with E-state index < -0.39 is 12.6 Å². The minimum Gasteiger partial charge on any atom is -0.349 e. The molecule has 1 heterocycles. The van der Waals surface area contributed by atoms with E-state index in [1.807, 2.05) is 6.92 Å². The van der Waals surface area contributed by atoms with E-state index in [-0.39, 0.29) is 12.5 Å². The number of hydrogen-bond acceptors (Lipinski definition) is 2. The van der Waals surface area contributed by atoms with Crippen molar-refractivity contribution >= 4 is 0 Å². The van der Waals surface area contributed by atoms with Gasteiger partial charge in [-0.2, -0.15) is 13.2 Å². The van der Waals surface area contributed by atoms with Gasteiger partial charge in [-0.1, -0.05) is 0 Å². The van der Waals surface area contributed by atoms with E-state index in [1.54, 1.807) is 12.4 Å². The molecule has 0 radical (unpaired) electrons. The summed E-state index contributed by atoms with van der Waals surface area (Å²) in [5.41, 5.74) is 0. The number of aromatic amines is 1. The van der Waals surface area contributed by atoms with Crippen LogP contribution >= 0.6 is 0 Å². The van der Waals surface area contributed by atoms with Crippen LogP contribution in [0.4, 0.5) is 13.2 Å². The monoisotopic (exact) mass is 263 g/mol. The van der Waals surface area contributed by atoms with Crippen molar-refractivity contribution in [1.82, 2.24) is 15.3 Å². The number of rotatable bonds is 8. The first-order chi connectivity index (χ1) is 8.47. The van der Waals surface area contributed by atoms with Crippen molar-refractivity contribution in [2.24, 2.45) is 0 Å². The molecule has 2 N–H and O–H groups in total. The van der Waals surface area contributed by atoms with Crippen molar-refractivity contribution in [3.63, 3.8) is 0 Å². The second-order valence-electron chi connectivity index (χ2n) is 4.50. The second-order valence-corrected chi connectivity index (χ2v) is 4.50. The number of halogens is 3. The van der Waals surface area contributed by atoms with E-state index in [4.69, 9.17) is 0 Å². The Morgan fingerprint density at radius 1 is 1.39 bits per heavy atom. The molecule has 18 heavy (non-hydrogen) atoms. The molecule has 0 aliphatic carbocycles. The lowest BCUT2D eigenvalue weighted by atomic mass is 10.1. The molecule has 0 fully saturated rings. The highest BCUT2D eigenvalue weighted by molar-refractivity contribution is 4.86. The third-order valence-corrected chi connectivity index (χ3v) is 2.74. The largest absolute Gasteiger partial charge is 0.389 e. The van der Waals surface area contributed by atoms with Gasteiger partial charge in [0.05, 0.1) is 0 Å². The Balaban J connectivity index is 1.98. The zero-order chi connectivity index (χ0) is 13.4. The molecule has 104 valence electrons. The molecule has 3 nitrogen and oxygen atoms in total. The molecule has 0 saturated heterocycles. The van der Waals surface area contributed by atoms with Gasteiger partial charge in [0.1, 0.15) is 5.82 Å². The maximum absolute atomic E-state index is 11.9. The highest BCUT2D eigenvalue weighted by Crippen LogP contribution is 2.22. The predicted molar refractivity (Wildman–Crippen MR) is 64.3 cm³/mol. The number of H-pyrrole nitrogens is 1. The average Bonchev–Trinajstić information content (AvgIpc) is 2.75. The number of nitrogens with one attached hydrogen (secondary N) is 2. The summed E-state index contributed by atoms with van der Waals surface area (Å²) in [5.74, 6) is 0.946. The Kier molecular flexibility index (Phi) is 6.18. The van der Waals surface area contributed by atoms with Crippen molar-refractivity contribution < 1.29 is 13.2 Å². The number of alkyl halides is 3. The number of hydrogen-bond donors (Lipinski definition) is 2. The molecule has 1 aromatic heterocycles. The van der Waals surface area contributed by atoms with Crippen molar-refractivity contribution in [3.8, 4) is 0 Å². The summed E-state index contributed by atoms with van der Waals surface area (Å²) in [6.45, 7) is 2.72. The summed E-state index contributed by atoms with van der Waals surface area (Å²) in [6.07, 6.45) is 1.30. The fourth-order valence-corrected chi connectivity index (χ4v) is 1.75. The molecule has 6 heteroatoms. The maximum atomic E-state index is 11.9. The van der Waals surface area contributed by atoms with Crippen LogP contribution in [0.5, 0.6) is 0 Å². The van der Waals surface area contributed by atoms with Crippen LogP contribution in [0.1, 0.15) is 38.4 Å². The van der Waals surface area contributed by atoms with Gasteiger partial charge in [-0.25, -0.2) is 4.98 Å². The van der Waals surface area contributed by atoms with E-state index in [1.165, 1.54) is 0 Å². The fraction of sp³-hybridized carbons (Fsp3) is 0.750. The van der Waals surface area contributed by atoms with Gasteiger partial charge in [0.25, 0.3) is 0 Å². The lowest BCUT2D eigenvalue weighted by molar-refractivity contribution is -0.135. The van der Waals surface area contributed by atoms with Gasteiger partial charge in [-0.05, 0) is 32.7 Å². The maximum Gasteiger partial charge on any atom is 0.389 e. The fourth-order valence-electron chi connectivity index (χ4n) is 1.75. The van der Waals surface area contributed by atoms with Crippen LogP contribution in [0.15, 0.2) is 12.4 Å². The van der Waals surface area contributed by atoms with Crippen LogP contribution in [-0.4, -0.2) is 28.7 Å². The van der Waals surface area contributed by atoms with Gasteiger partial charge in [-0.3, -0.25) is 0 Å². The summed E-state index contributed by atoms with van der Waals surface area (Å²) in [6, 6.07) is 0.129. The summed E-state index contributed by atoms with van der Waals surface area (Å²) < 4.78 is 35.8. The first kappa shape index (κ1) is 15.0. The molecule has 1 aromatic rings. The molecular weight excluding hydrogens is 243 g/mol. The number of imidazole rings is 1. The molecule has 0 amide bonds. The minimum absolute atomic E-state index is 0.129. The van der Waals surface area contributed by atoms with Gasteiger partial charge >= 0.3 is 6.18 Å². The van der Waals surface area contributed by atoms with E-state index in [2.05, 4.69) is 15.3 Å². The number of aryl methyl sites for hydroxylation is 1. The second kappa shape index (κ2) is 7.41. The lowest BCUT2D eigenvalue weighted by Gasteiger charge is -2.14. The Morgan fingerprint density at radius 2 is 2.17 bits per heavy atom. The predicted octanol–water partition coefficient (Wildman–Crippen LogP) is 3.05. The first-order valence-corrected chi connectivity index (χ1v) is 6.26. The zero-order valence-electron chi connectivity index (χ0n) is 10.6. The third-order valence-electron chi connectivity index (χ3n) is 2.74. The van der Waals surface area contributed by atoms with Crippen LogP contribution in [0.25, 0.3) is 0 Å². The topological polar surface area (TPSA) is 40.7 Å². The third kappa shape index (κ3) is 7.32. The van der Waals surface area contributed by atoms with Crippen LogP contribution in [0.2, 0.25) is 0 Å². The Hall–Kier alpha value is -1.04. The van der Waals surface area contributed by atoms with Crippen LogP contribution < -0.4 is 5.32 Å². The SMILES string of the molecule is CC(CCCC(F)(F)F)NCCCc1ncc[nH]1. The molecule has 0 aromatic carbocycles. The Labute approximate surface area is 105 Å². The lowest BCUT2D eigenvalue weighted by Crippen LogP contribution is -2.27. The van der Waals surface area contributed by atoms with E-state index in [0.717, 1.165) is 25.2 Å². The smallest absolute Gasteiger partial charge is 0.349 e. The van der Waals surface area contributed by atoms with Crippen molar-refractivity contribution in [1.29, 1.82) is 0 Å². The molecule has 0 saturated carbocycles. The molecular formula is C12H20F3N3. The summed E-state index contributed by atoms with van der Waals surface area (Å²) in [5, 5.41) is 3.22. The highest BCUT2D eigenvalue weighted by Gasteiger charge is 2.26.